The molecule has 0 unspecified atom stereocenters. The maximum Gasteiger partial charge on any atom is 0.0951 e. The van der Waals surface area contributed by atoms with E-state index in [-0.39, 0.29) is 0 Å². The number of hydrogen-bond donors (Lipinski definition) is 1. The fourth-order valence-corrected chi connectivity index (χ4v) is 2.59. The van der Waals surface area contributed by atoms with Gasteiger partial charge in [-0.15, -0.1) is 0 Å². The van der Waals surface area contributed by atoms with Crippen LogP contribution in [0, 0.1) is 5.92 Å². The SMILES string of the molecule is CNCC1CC(OCc2cncn2C2CC2)C1. The van der Waals surface area contributed by atoms with Crippen LogP contribution < -0.4 is 5.32 Å². The summed E-state index contributed by atoms with van der Waals surface area (Å²) in [5, 5.41) is 3.22. The van der Waals surface area contributed by atoms with E-state index in [1.165, 1.54) is 31.4 Å². The second-order valence-electron chi connectivity index (χ2n) is 5.35. The summed E-state index contributed by atoms with van der Waals surface area (Å²) < 4.78 is 8.21. The zero-order valence-corrected chi connectivity index (χ0v) is 10.4. The predicted molar refractivity (Wildman–Crippen MR) is 65.7 cm³/mol. The van der Waals surface area contributed by atoms with Crippen LogP contribution in [0.25, 0.3) is 0 Å². The molecule has 2 aliphatic rings. The number of imidazole rings is 1. The summed E-state index contributed by atoms with van der Waals surface area (Å²) in [4.78, 5) is 4.22. The van der Waals surface area contributed by atoms with E-state index in [4.69, 9.17) is 4.74 Å². The molecule has 4 nitrogen and oxygen atoms in total. The van der Waals surface area contributed by atoms with Crippen LogP contribution in [0.4, 0.5) is 0 Å². The van der Waals surface area contributed by atoms with Crippen LogP contribution >= 0.6 is 0 Å². The largest absolute Gasteiger partial charge is 0.372 e. The van der Waals surface area contributed by atoms with Gasteiger partial charge in [0.1, 0.15) is 0 Å². The summed E-state index contributed by atoms with van der Waals surface area (Å²) in [5.41, 5.74) is 1.24. The van der Waals surface area contributed by atoms with Gasteiger partial charge in [-0.05, 0) is 45.2 Å². The molecule has 2 saturated carbocycles. The first kappa shape index (κ1) is 11.2. The monoisotopic (exact) mass is 235 g/mol. The first-order valence-corrected chi connectivity index (χ1v) is 6.63. The summed E-state index contributed by atoms with van der Waals surface area (Å²) in [6.07, 6.45) is 9.38. The molecule has 1 aromatic rings. The number of hydrogen-bond acceptors (Lipinski definition) is 3. The van der Waals surface area contributed by atoms with Gasteiger partial charge in [-0.25, -0.2) is 4.98 Å². The van der Waals surface area contributed by atoms with Crippen LogP contribution in [0.15, 0.2) is 12.5 Å². The molecule has 0 bridgehead atoms. The molecule has 0 radical (unpaired) electrons. The Hall–Kier alpha value is -0.870. The summed E-state index contributed by atoms with van der Waals surface area (Å²) in [7, 11) is 2.02. The molecule has 0 saturated heterocycles. The van der Waals surface area contributed by atoms with Crippen molar-refractivity contribution in [2.24, 2.45) is 5.92 Å². The van der Waals surface area contributed by atoms with Crippen LogP contribution in [0.3, 0.4) is 0 Å². The second-order valence-corrected chi connectivity index (χ2v) is 5.35. The first-order chi connectivity index (χ1) is 8.36. The van der Waals surface area contributed by atoms with Crippen molar-refractivity contribution in [1.29, 1.82) is 0 Å². The van der Waals surface area contributed by atoms with Gasteiger partial charge in [-0.1, -0.05) is 0 Å². The minimum atomic E-state index is 0.468. The number of aromatic nitrogens is 2. The third-order valence-electron chi connectivity index (χ3n) is 3.84. The fraction of sp³-hybridized carbons (Fsp3) is 0.769. The van der Waals surface area contributed by atoms with Crippen LogP contribution in [0.5, 0.6) is 0 Å². The van der Waals surface area contributed by atoms with Gasteiger partial charge >= 0.3 is 0 Å². The zero-order chi connectivity index (χ0) is 11.7. The van der Waals surface area contributed by atoms with E-state index in [0.717, 1.165) is 19.1 Å². The van der Waals surface area contributed by atoms with Gasteiger partial charge in [0.15, 0.2) is 0 Å². The van der Waals surface area contributed by atoms with Gasteiger partial charge < -0.3 is 14.6 Å². The van der Waals surface area contributed by atoms with Gasteiger partial charge in [0, 0.05) is 6.04 Å². The zero-order valence-electron chi connectivity index (χ0n) is 10.4. The van der Waals surface area contributed by atoms with Crippen LogP contribution in [-0.4, -0.2) is 29.2 Å². The summed E-state index contributed by atoms with van der Waals surface area (Å²) in [6, 6.07) is 0.703. The van der Waals surface area contributed by atoms with Crippen molar-refractivity contribution in [2.75, 3.05) is 13.6 Å². The molecule has 1 heterocycles. The lowest BCUT2D eigenvalue weighted by molar-refractivity contribution is -0.0411. The molecule has 2 aliphatic carbocycles. The topological polar surface area (TPSA) is 39.1 Å². The minimum Gasteiger partial charge on any atom is -0.372 e. The Balaban J connectivity index is 1.44. The Kier molecular flexibility index (Phi) is 3.16. The van der Waals surface area contributed by atoms with Gasteiger partial charge in [-0.2, -0.15) is 0 Å². The lowest BCUT2D eigenvalue weighted by Gasteiger charge is -2.35. The van der Waals surface area contributed by atoms with Gasteiger partial charge in [0.2, 0.25) is 0 Å². The molecule has 4 heteroatoms. The molecule has 17 heavy (non-hydrogen) atoms. The van der Waals surface area contributed by atoms with Crippen molar-refractivity contribution >= 4 is 0 Å². The Bertz CT molecular complexity index is 366. The molecule has 2 fully saturated rings. The molecular formula is C13H21N3O. The maximum atomic E-state index is 5.93. The van der Waals surface area contributed by atoms with Crippen molar-refractivity contribution in [3.63, 3.8) is 0 Å². The van der Waals surface area contributed by atoms with Crippen LogP contribution in [0.1, 0.15) is 37.4 Å². The maximum absolute atomic E-state index is 5.93. The number of ether oxygens (including phenoxy) is 1. The molecule has 0 aromatic carbocycles. The third-order valence-corrected chi connectivity index (χ3v) is 3.84. The quantitative estimate of drug-likeness (QED) is 0.816. The highest BCUT2D eigenvalue weighted by atomic mass is 16.5. The number of nitrogens with zero attached hydrogens (tertiary/aromatic N) is 2. The average Bonchev–Trinajstić information content (AvgIpc) is 3.02. The van der Waals surface area contributed by atoms with Crippen molar-refractivity contribution in [2.45, 2.75) is 44.4 Å². The van der Waals surface area contributed by atoms with Crippen molar-refractivity contribution in [1.82, 2.24) is 14.9 Å². The molecule has 3 rings (SSSR count). The Morgan fingerprint density at radius 2 is 2.29 bits per heavy atom. The van der Waals surface area contributed by atoms with E-state index in [0.29, 0.717) is 12.1 Å². The average molecular weight is 235 g/mol. The highest BCUT2D eigenvalue weighted by Gasteiger charge is 2.30. The van der Waals surface area contributed by atoms with Crippen molar-refractivity contribution in [3.8, 4) is 0 Å². The highest BCUT2D eigenvalue weighted by molar-refractivity contribution is 5.02. The Labute approximate surface area is 102 Å². The molecule has 0 spiro atoms. The van der Waals surface area contributed by atoms with E-state index in [2.05, 4.69) is 14.9 Å². The molecular weight excluding hydrogens is 214 g/mol. The molecule has 1 aromatic heterocycles. The van der Waals surface area contributed by atoms with Crippen LogP contribution in [-0.2, 0) is 11.3 Å². The van der Waals surface area contributed by atoms with Gasteiger partial charge in [0.05, 0.1) is 30.9 Å². The fourth-order valence-electron chi connectivity index (χ4n) is 2.59. The van der Waals surface area contributed by atoms with E-state index >= 15 is 0 Å². The first-order valence-electron chi connectivity index (χ1n) is 6.63. The second kappa shape index (κ2) is 4.78. The molecule has 1 N–H and O–H groups in total. The van der Waals surface area contributed by atoms with E-state index in [1.807, 2.05) is 19.6 Å². The smallest absolute Gasteiger partial charge is 0.0951 e. The van der Waals surface area contributed by atoms with Crippen molar-refractivity contribution < 1.29 is 4.74 Å². The Morgan fingerprint density at radius 3 is 3.00 bits per heavy atom. The number of rotatable bonds is 6. The summed E-state index contributed by atoms with van der Waals surface area (Å²) in [6.45, 7) is 1.85. The van der Waals surface area contributed by atoms with Crippen molar-refractivity contribution in [3.05, 3.63) is 18.2 Å². The Morgan fingerprint density at radius 1 is 1.47 bits per heavy atom. The third kappa shape index (κ3) is 2.53. The summed E-state index contributed by atoms with van der Waals surface area (Å²) >= 11 is 0. The van der Waals surface area contributed by atoms with E-state index in [9.17, 15) is 0 Å². The highest BCUT2D eigenvalue weighted by Crippen LogP contribution is 2.36. The van der Waals surface area contributed by atoms with E-state index < -0.39 is 0 Å². The normalized spacial score (nSPS) is 28.1. The van der Waals surface area contributed by atoms with E-state index in [1.54, 1.807) is 0 Å². The van der Waals surface area contributed by atoms with Gasteiger partial charge in [-0.3, -0.25) is 0 Å². The molecule has 0 amide bonds. The minimum absolute atomic E-state index is 0.468. The van der Waals surface area contributed by atoms with Gasteiger partial charge in [0.25, 0.3) is 0 Å². The lowest BCUT2D eigenvalue weighted by atomic mass is 9.82. The summed E-state index contributed by atoms with van der Waals surface area (Å²) in [5.74, 6) is 0.818. The molecule has 0 aliphatic heterocycles. The molecule has 94 valence electrons. The number of nitrogens with one attached hydrogen (secondary N) is 1. The standard InChI is InChI=1S/C13H21N3O/c1-14-6-10-4-13(5-10)17-8-12-7-15-9-16(12)11-2-3-11/h7,9-11,13-14H,2-6,8H2,1H3. The predicted octanol–water partition coefficient (Wildman–Crippen LogP) is 1.73. The van der Waals surface area contributed by atoms with Crippen LogP contribution in [0.2, 0.25) is 0 Å². The molecule has 0 atom stereocenters. The lowest BCUT2D eigenvalue weighted by Crippen LogP contribution is -2.36.